The summed E-state index contributed by atoms with van der Waals surface area (Å²) < 4.78 is 1.22. The van der Waals surface area contributed by atoms with Crippen LogP contribution in [0.1, 0.15) is 0 Å². The molecule has 4 heteroatoms. The fourth-order valence-corrected chi connectivity index (χ4v) is 3.05. The Hall–Kier alpha value is -1.26. The number of thiophene rings is 1. The van der Waals surface area contributed by atoms with Crippen molar-refractivity contribution in [2.45, 2.75) is 0 Å². The summed E-state index contributed by atoms with van der Waals surface area (Å²) in [4.78, 5) is 9.78. The van der Waals surface area contributed by atoms with E-state index in [0.29, 0.717) is 0 Å². The second-order valence-corrected chi connectivity index (χ2v) is 4.81. The summed E-state index contributed by atoms with van der Waals surface area (Å²) in [6, 6.07) is 6.15. The third kappa shape index (κ3) is 1.23. The Morgan fingerprint density at radius 3 is 2.93 bits per heavy atom. The molecule has 68 valence electrons. The SMILES string of the molecule is c1cnc2cc(-c3nccs3)sc2c1. The maximum absolute atomic E-state index is 4.30. The molecule has 0 aliphatic heterocycles. The van der Waals surface area contributed by atoms with Gasteiger partial charge in [-0.3, -0.25) is 4.98 Å². The monoisotopic (exact) mass is 218 g/mol. The number of aromatic nitrogens is 2. The highest BCUT2D eigenvalue weighted by atomic mass is 32.1. The lowest BCUT2D eigenvalue weighted by molar-refractivity contribution is 1.42. The molecule has 0 aromatic carbocycles. The van der Waals surface area contributed by atoms with Crippen molar-refractivity contribution in [3.05, 3.63) is 36.0 Å². The van der Waals surface area contributed by atoms with E-state index in [4.69, 9.17) is 0 Å². The highest BCUT2D eigenvalue weighted by Crippen LogP contribution is 2.33. The van der Waals surface area contributed by atoms with E-state index >= 15 is 0 Å². The van der Waals surface area contributed by atoms with Gasteiger partial charge in [-0.2, -0.15) is 0 Å². The van der Waals surface area contributed by atoms with Crippen LogP contribution < -0.4 is 0 Å². The van der Waals surface area contributed by atoms with Crippen LogP contribution in [-0.2, 0) is 0 Å². The molecule has 0 atom stereocenters. The summed E-state index contributed by atoms with van der Waals surface area (Å²) >= 11 is 3.40. The zero-order valence-electron chi connectivity index (χ0n) is 7.18. The fraction of sp³-hybridized carbons (Fsp3) is 0. The standard InChI is InChI=1S/C10H6N2S2/c1-2-8-7(11-3-1)6-9(14-8)10-12-4-5-13-10/h1-6H. The lowest BCUT2D eigenvalue weighted by Gasteiger charge is -1.83. The van der Waals surface area contributed by atoms with Gasteiger partial charge in [-0.1, -0.05) is 0 Å². The van der Waals surface area contributed by atoms with Crippen molar-refractivity contribution >= 4 is 32.9 Å². The number of nitrogens with zero attached hydrogens (tertiary/aromatic N) is 2. The molecule has 0 radical (unpaired) electrons. The molecule has 0 saturated heterocycles. The molecular formula is C10H6N2S2. The zero-order valence-corrected chi connectivity index (χ0v) is 8.81. The van der Waals surface area contributed by atoms with Crippen LogP contribution in [0.25, 0.3) is 20.1 Å². The maximum Gasteiger partial charge on any atom is 0.133 e. The zero-order chi connectivity index (χ0) is 9.38. The van der Waals surface area contributed by atoms with E-state index in [1.165, 1.54) is 9.58 Å². The van der Waals surface area contributed by atoms with Gasteiger partial charge in [0.2, 0.25) is 0 Å². The minimum absolute atomic E-state index is 1.06. The number of thiazole rings is 1. The van der Waals surface area contributed by atoms with E-state index in [0.717, 1.165) is 10.5 Å². The van der Waals surface area contributed by atoms with Crippen LogP contribution in [0.3, 0.4) is 0 Å². The van der Waals surface area contributed by atoms with Gasteiger partial charge in [-0.05, 0) is 18.2 Å². The van der Waals surface area contributed by atoms with Gasteiger partial charge in [0.25, 0.3) is 0 Å². The van der Waals surface area contributed by atoms with Crippen LogP contribution in [0.5, 0.6) is 0 Å². The average molecular weight is 218 g/mol. The molecule has 3 aromatic heterocycles. The van der Waals surface area contributed by atoms with Crippen LogP contribution in [0.2, 0.25) is 0 Å². The third-order valence-electron chi connectivity index (χ3n) is 1.93. The summed E-state index contributed by atoms with van der Waals surface area (Å²) in [6.45, 7) is 0. The molecule has 0 N–H and O–H groups in total. The van der Waals surface area contributed by atoms with Gasteiger partial charge < -0.3 is 0 Å². The van der Waals surface area contributed by atoms with Gasteiger partial charge in [0, 0.05) is 17.8 Å². The van der Waals surface area contributed by atoms with Gasteiger partial charge in [0.15, 0.2) is 0 Å². The Balaban J connectivity index is 2.24. The number of fused-ring (bicyclic) bond motifs is 1. The third-order valence-corrected chi connectivity index (χ3v) is 3.96. The highest BCUT2D eigenvalue weighted by molar-refractivity contribution is 7.25. The molecule has 0 bridgehead atoms. The van der Waals surface area contributed by atoms with E-state index in [2.05, 4.69) is 22.1 Å². The van der Waals surface area contributed by atoms with Gasteiger partial charge in [0.1, 0.15) is 5.01 Å². The van der Waals surface area contributed by atoms with E-state index < -0.39 is 0 Å². The molecular weight excluding hydrogens is 212 g/mol. The first kappa shape index (κ1) is 8.08. The molecule has 0 spiro atoms. The van der Waals surface area contributed by atoms with Crippen molar-refractivity contribution in [3.8, 4) is 9.88 Å². The van der Waals surface area contributed by atoms with E-state index in [9.17, 15) is 0 Å². The van der Waals surface area contributed by atoms with Gasteiger partial charge in [-0.15, -0.1) is 22.7 Å². The molecule has 3 aromatic rings. The topological polar surface area (TPSA) is 25.8 Å². The molecule has 0 amide bonds. The number of pyridine rings is 1. The average Bonchev–Trinajstić information content (AvgIpc) is 2.86. The van der Waals surface area contributed by atoms with Crippen molar-refractivity contribution in [3.63, 3.8) is 0 Å². The molecule has 0 aliphatic rings. The second-order valence-electron chi connectivity index (χ2n) is 2.83. The Morgan fingerprint density at radius 2 is 2.14 bits per heavy atom. The van der Waals surface area contributed by atoms with Crippen molar-refractivity contribution in [1.29, 1.82) is 0 Å². The van der Waals surface area contributed by atoms with Crippen molar-refractivity contribution < 1.29 is 0 Å². The summed E-state index contributed by atoms with van der Waals surface area (Å²) in [6.07, 6.45) is 3.65. The quantitative estimate of drug-likeness (QED) is 0.625. The largest absolute Gasteiger partial charge is 0.255 e. The molecule has 3 rings (SSSR count). The van der Waals surface area contributed by atoms with Crippen LogP contribution >= 0.6 is 22.7 Å². The minimum atomic E-state index is 1.06. The van der Waals surface area contributed by atoms with Crippen molar-refractivity contribution in [1.82, 2.24) is 9.97 Å². The maximum atomic E-state index is 4.30. The Kier molecular flexibility index (Phi) is 1.82. The molecule has 0 saturated carbocycles. The Bertz CT molecular complexity index is 521. The van der Waals surface area contributed by atoms with Crippen LogP contribution in [-0.4, -0.2) is 9.97 Å². The lowest BCUT2D eigenvalue weighted by Crippen LogP contribution is -1.67. The molecule has 0 fully saturated rings. The Labute approximate surface area is 88.9 Å². The van der Waals surface area contributed by atoms with Crippen LogP contribution in [0, 0.1) is 0 Å². The van der Waals surface area contributed by atoms with Crippen molar-refractivity contribution in [2.75, 3.05) is 0 Å². The summed E-state index contributed by atoms with van der Waals surface area (Å²) in [5.74, 6) is 0. The number of rotatable bonds is 1. The molecule has 3 heterocycles. The number of hydrogen-bond acceptors (Lipinski definition) is 4. The number of hydrogen-bond donors (Lipinski definition) is 0. The predicted molar refractivity (Wildman–Crippen MR) is 60.7 cm³/mol. The van der Waals surface area contributed by atoms with E-state index in [1.54, 1.807) is 22.7 Å². The van der Waals surface area contributed by atoms with Crippen LogP contribution in [0.15, 0.2) is 36.0 Å². The molecule has 0 unspecified atom stereocenters. The van der Waals surface area contributed by atoms with E-state index in [1.807, 2.05) is 23.8 Å². The van der Waals surface area contributed by atoms with Gasteiger partial charge in [-0.25, -0.2) is 4.98 Å². The highest BCUT2D eigenvalue weighted by Gasteiger charge is 2.05. The molecule has 14 heavy (non-hydrogen) atoms. The van der Waals surface area contributed by atoms with Crippen molar-refractivity contribution in [2.24, 2.45) is 0 Å². The van der Waals surface area contributed by atoms with Gasteiger partial charge >= 0.3 is 0 Å². The second kappa shape index (κ2) is 3.15. The fourth-order valence-electron chi connectivity index (χ4n) is 1.32. The van der Waals surface area contributed by atoms with Gasteiger partial charge in [0.05, 0.1) is 15.1 Å². The summed E-state index contributed by atoms with van der Waals surface area (Å²) in [7, 11) is 0. The Morgan fingerprint density at radius 1 is 1.14 bits per heavy atom. The first-order chi connectivity index (χ1) is 6.93. The first-order valence-corrected chi connectivity index (χ1v) is 5.87. The summed E-state index contributed by atoms with van der Waals surface area (Å²) in [5.41, 5.74) is 1.06. The predicted octanol–water partition coefficient (Wildman–Crippen LogP) is 3.42. The molecule has 0 aliphatic carbocycles. The smallest absolute Gasteiger partial charge is 0.133 e. The van der Waals surface area contributed by atoms with E-state index in [-0.39, 0.29) is 0 Å². The normalized spacial score (nSPS) is 10.9. The summed E-state index contributed by atoms with van der Waals surface area (Å²) in [5, 5.41) is 3.07. The molecule has 2 nitrogen and oxygen atoms in total. The minimum Gasteiger partial charge on any atom is -0.255 e. The lowest BCUT2D eigenvalue weighted by atomic mass is 10.4. The van der Waals surface area contributed by atoms with Crippen LogP contribution in [0.4, 0.5) is 0 Å². The first-order valence-electron chi connectivity index (χ1n) is 4.18.